The summed E-state index contributed by atoms with van der Waals surface area (Å²) in [7, 11) is 0. The zero-order valence-corrected chi connectivity index (χ0v) is 22.8. The monoisotopic (exact) mass is 500 g/mol. The molecule has 0 fully saturated rings. The van der Waals surface area contributed by atoms with Gasteiger partial charge in [-0.2, -0.15) is 0 Å². The average Bonchev–Trinajstić information content (AvgIpc) is 2.87. The molecule has 0 aliphatic heterocycles. The van der Waals surface area contributed by atoms with E-state index in [1.807, 2.05) is 0 Å². The number of ether oxygens (including phenoxy) is 4. The number of aliphatic hydroxyl groups excluding tert-OH is 1. The third kappa shape index (κ3) is 27.5. The van der Waals surface area contributed by atoms with Crippen molar-refractivity contribution in [2.24, 2.45) is 0 Å². The molecule has 0 aromatic carbocycles. The van der Waals surface area contributed by atoms with Gasteiger partial charge in [0.05, 0.1) is 46.2 Å². The van der Waals surface area contributed by atoms with Crippen LogP contribution in [0.15, 0.2) is 12.7 Å². The summed E-state index contributed by atoms with van der Waals surface area (Å²) in [5, 5.41) is 8.63. The highest BCUT2D eigenvalue weighted by molar-refractivity contribution is 5.81. The number of unbranched alkanes of at least 4 members (excludes halogenated alkanes) is 15. The molecule has 0 heterocycles. The third-order valence-corrected chi connectivity index (χ3v) is 6.11. The van der Waals surface area contributed by atoms with Crippen LogP contribution in [0.5, 0.6) is 0 Å². The first-order valence-electron chi connectivity index (χ1n) is 14.4. The minimum Gasteiger partial charge on any atom is -0.457 e. The molecule has 0 radical (unpaired) electrons. The summed E-state index contributed by atoms with van der Waals surface area (Å²) in [6.07, 6.45) is 23.3. The maximum absolute atomic E-state index is 11.6. The molecule has 0 spiro atoms. The van der Waals surface area contributed by atoms with Gasteiger partial charge in [-0.3, -0.25) is 0 Å². The smallest absolute Gasteiger partial charge is 0.330 e. The first-order valence-corrected chi connectivity index (χ1v) is 14.4. The van der Waals surface area contributed by atoms with E-state index in [0.717, 1.165) is 19.3 Å². The maximum Gasteiger partial charge on any atom is 0.330 e. The van der Waals surface area contributed by atoms with Crippen molar-refractivity contribution in [2.75, 3.05) is 46.2 Å². The van der Waals surface area contributed by atoms with Crippen LogP contribution in [-0.2, 0) is 23.7 Å². The molecular formula is C29H56O6. The molecule has 6 heteroatoms. The lowest BCUT2D eigenvalue weighted by molar-refractivity contribution is -0.146. The van der Waals surface area contributed by atoms with Gasteiger partial charge in [0.25, 0.3) is 0 Å². The van der Waals surface area contributed by atoms with Crippen LogP contribution in [0, 0.1) is 0 Å². The summed E-state index contributed by atoms with van der Waals surface area (Å²) in [6.45, 7) is 8.32. The van der Waals surface area contributed by atoms with Gasteiger partial charge >= 0.3 is 5.97 Å². The van der Waals surface area contributed by atoms with E-state index in [9.17, 15) is 4.79 Å². The Morgan fingerprint density at radius 2 is 1.11 bits per heavy atom. The highest BCUT2D eigenvalue weighted by Crippen LogP contribution is 2.15. The summed E-state index contributed by atoms with van der Waals surface area (Å²) < 4.78 is 21.6. The lowest BCUT2D eigenvalue weighted by Crippen LogP contribution is -2.24. The molecule has 0 aromatic heterocycles. The van der Waals surface area contributed by atoms with E-state index >= 15 is 0 Å². The van der Waals surface area contributed by atoms with E-state index in [1.54, 1.807) is 0 Å². The summed E-state index contributed by atoms with van der Waals surface area (Å²) in [5.41, 5.74) is 0. The third-order valence-electron chi connectivity index (χ3n) is 6.11. The molecule has 6 nitrogen and oxygen atoms in total. The number of carbonyl (C=O) groups is 1. The Morgan fingerprint density at radius 1 is 0.686 bits per heavy atom. The number of rotatable bonds is 29. The van der Waals surface area contributed by atoms with Crippen molar-refractivity contribution in [1.82, 2.24) is 0 Å². The molecule has 0 rings (SSSR count). The molecule has 0 saturated carbocycles. The first-order chi connectivity index (χ1) is 17.2. The van der Waals surface area contributed by atoms with Crippen LogP contribution < -0.4 is 0 Å². The molecule has 208 valence electrons. The fourth-order valence-electron chi connectivity index (χ4n) is 4.03. The van der Waals surface area contributed by atoms with Gasteiger partial charge < -0.3 is 24.1 Å². The van der Waals surface area contributed by atoms with Crippen LogP contribution in [-0.4, -0.2) is 63.4 Å². The van der Waals surface area contributed by atoms with Gasteiger partial charge in [0.15, 0.2) is 0 Å². The summed E-state index contributed by atoms with van der Waals surface area (Å²) >= 11 is 0. The summed E-state index contributed by atoms with van der Waals surface area (Å²) in [5.74, 6) is -0.396. The normalized spacial score (nSPS) is 12.1. The molecule has 1 atom stereocenters. The Balaban J connectivity index is 3.58. The summed E-state index contributed by atoms with van der Waals surface area (Å²) in [6, 6.07) is 0. The van der Waals surface area contributed by atoms with E-state index in [1.165, 1.54) is 96.0 Å². The van der Waals surface area contributed by atoms with E-state index < -0.39 is 5.97 Å². The Bertz CT molecular complexity index is 443. The van der Waals surface area contributed by atoms with Crippen molar-refractivity contribution in [2.45, 2.75) is 122 Å². The second-order valence-electron chi connectivity index (χ2n) is 9.38. The van der Waals surface area contributed by atoms with Crippen molar-refractivity contribution in [1.29, 1.82) is 0 Å². The van der Waals surface area contributed by atoms with Crippen molar-refractivity contribution in [3.63, 3.8) is 0 Å². The number of aliphatic hydroxyl groups is 1. The lowest BCUT2D eigenvalue weighted by atomic mass is 10.0. The van der Waals surface area contributed by atoms with Gasteiger partial charge in [-0.25, -0.2) is 4.79 Å². The Kier molecular flexibility index (Phi) is 28.5. The minimum absolute atomic E-state index is 0.0212. The van der Waals surface area contributed by atoms with Crippen LogP contribution >= 0.6 is 0 Å². The topological polar surface area (TPSA) is 74.2 Å². The average molecular weight is 501 g/mol. The van der Waals surface area contributed by atoms with E-state index in [0.29, 0.717) is 39.6 Å². The Hall–Kier alpha value is -0.950. The van der Waals surface area contributed by atoms with Gasteiger partial charge in [0.2, 0.25) is 0 Å². The zero-order valence-electron chi connectivity index (χ0n) is 22.8. The second kappa shape index (κ2) is 29.3. The minimum atomic E-state index is -0.396. The molecule has 1 unspecified atom stereocenters. The van der Waals surface area contributed by atoms with Crippen molar-refractivity contribution >= 4 is 5.97 Å². The maximum atomic E-state index is 11.6. The number of hydrogen-bond donors (Lipinski definition) is 1. The lowest BCUT2D eigenvalue weighted by Gasteiger charge is -2.17. The van der Waals surface area contributed by atoms with Crippen molar-refractivity contribution in [3.8, 4) is 0 Å². The van der Waals surface area contributed by atoms with Gasteiger partial charge in [-0.15, -0.1) is 0 Å². The van der Waals surface area contributed by atoms with Gasteiger partial charge in [-0.05, 0) is 12.8 Å². The van der Waals surface area contributed by atoms with Crippen LogP contribution in [0.2, 0.25) is 0 Å². The summed E-state index contributed by atoms with van der Waals surface area (Å²) in [4.78, 5) is 11.6. The fraction of sp³-hybridized carbons (Fsp3) is 0.897. The highest BCUT2D eigenvalue weighted by atomic mass is 16.6. The molecule has 0 aromatic rings. The van der Waals surface area contributed by atoms with Gasteiger partial charge in [0.1, 0.15) is 6.10 Å². The molecule has 0 aliphatic carbocycles. The molecule has 1 N–H and O–H groups in total. The predicted molar refractivity (Wildman–Crippen MR) is 144 cm³/mol. The molecule has 35 heavy (non-hydrogen) atoms. The van der Waals surface area contributed by atoms with Crippen molar-refractivity contribution < 1.29 is 28.8 Å². The molecule has 0 saturated heterocycles. The van der Waals surface area contributed by atoms with Crippen LogP contribution in [0.1, 0.15) is 116 Å². The quantitative estimate of drug-likeness (QED) is 0.0693. The highest BCUT2D eigenvalue weighted by Gasteiger charge is 2.13. The largest absolute Gasteiger partial charge is 0.457 e. The standard InChI is InChI=1S/C29H56O6/c1-3-5-6-7-8-9-10-11-12-13-14-15-16-17-18-19-20-28(35-29(31)4-2)27-34-26-25-33-24-23-32-22-21-30/h4,28,30H,2-3,5-27H2,1H3. The SMILES string of the molecule is C=CC(=O)OC(CCCCCCCCCCCCCCCCCC)COCCOCCOCCO. The fourth-order valence-corrected chi connectivity index (χ4v) is 4.03. The Labute approximate surface area is 216 Å². The van der Waals surface area contributed by atoms with Gasteiger partial charge in [0, 0.05) is 6.08 Å². The van der Waals surface area contributed by atoms with Crippen molar-refractivity contribution in [3.05, 3.63) is 12.7 Å². The molecule has 0 bridgehead atoms. The van der Waals surface area contributed by atoms with Crippen LogP contribution in [0.3, 0.4) is 0 Å². The number of hydrogen-bond acceptors (Lipinski definition) is 6. The van der Waals surface area contributed by atoms with Crippen LogP contribution in [0.25, 0.3) is 0 Å². The number of carbonyl (C=O) groups excluding carboxylic acids is 1. The van der Waals surface area contributed by atoms with E-state index in [2.05, 4.69) is 13.5 Å². The number of esters is 1. The Morgan fingerprint density at radius 3 is 1.57 bits per heavy atom. The molecular weight excluding hydrogens is 444 g/mol. The molecule has 0 aliphatic rings. The predicted octanol–water partition coefficient (Wildman–Crippen LogP) is 6.78. The second-order valence-corrected chi connectivity index (χ2v) is 9.38. The van der Waals surface area contributed by atoms with Gasteiger partial charge in [-0.1, -0.05) is 110 Å². The van der Waals surface area contributed by atoms with E-state index in [-0.39, 0.29) is 12.7 Å². The zero-order chi connectivity index (χ0) is 25.7. The first kappa shape index (κ1) is 34.0. The van der Waals surface area contributed by atoms with Crippen LogP contribution in [0.4, 0.5) is 0 Å². The van der Waals surface area contributed by atoms with E-state index in [4.69, 9.17) is 24.1 Å². The molecule has 0 amide bonds.